The first-order valence-electron chi connectivity index (χ1n) is 7.47. The molecule has 0 amide bonds. The minimum Gasteiger partial charge on any atom is -0.508 e. The van der Waals surface area contributed by atoms with Crippen LogP contribution in [0, 0.1) is 10.1 Å². The number of nitro groups is 1. The van der Waals surface area contributed by atoms with E-state index in [4.69, 9.17) is 0 Å². The topological polar surface area (TPSA) is 127 Å². The zero-order valence-electron chi connectivity index (χ0n) is 13.4. The van der Waals surface area contributed by atoms with E-state index in [1.54, 1.807) is 0 Å². The number of nitrogens with zero attached hydrogens (tertiary/aromatic N) is 4. The van der Waals surface area contributed by atoms with Crippen LogP contribution in [0.3, 0.4) is 0 Å². The Bertz CT molecular complexity index is 945. The molecule has 9 nitrogen and oxygen atoms in total. The van der Waals surface area contributed by atoms with Crippen LogP contribution in [0.4, 0.5) is 5.69 Å². The van der Waals surface area contributed by atoms with Crippen molar-refractivity contribution in [1.82, 2.24) is 14.9 Å². The Kier molecular flexibility index (Phi) is 4.39. The first-order chi connectivity index (χ1) is 11.7. The van der Waals surface area contributed by atoms with E-state index in [9.17, 15) is 23.6 Å². The molecule has 2 aromatic rings. The molecule has 1 aromatic carbocycles. The Labute approximate surface area is 144 Å². The van der Waals surface area contributed by atoms with Crippen molar-refractivity contribution in [3.8, 4) is 5.75 Å². The highest BCUT2D eigenvalue weighted by Crippen LogP contribution is 2.26. The molecular formula is C15H16N4O5S. The lowest BCUT2D eigenvalue weighted by atomic mass is 10.1. The maximum absolute atomic E-state index is 11.5. The first kappa shape index (κ1) is 17.2. The number of phenolic OH excluding ortho intramolecular Hbond substituents is 1. The fourth-order valence-electron chi connectivity index (χ4n) is 2.72. The lowest BCUT2D eigenvalue weighted by Gasteiger charge is -2.28. The van der Waals surface area contributed by atoms with Crippen LogP contribution in [0.5, 0.6) is 5.75 Å². The smallest absolute Gasteiger partial charge is 0.270 e. The van der Waals surface area contributed by atoms with Crippen LogP contribution < -0.4 is 0 Å². The molecule has 0 fully saturated rings. The normalized spacial score (nSPS) is 14.9. The minimum atomic E-state index is -3.45. The van der Waals surface area contributed by atoms with Crippen LogP contribution in [0.2, 0.25) is 0 Å². The maximum atomic E-state index is 11.5. The highest BCUT2D eigenvalue weighted by molar-refractivity contribution is 7.90. The third-order valence-electron chi connectivity index (χ3n) is 3.99. The molecule has 25 heavy (non-hydrogen) atoms. The predicted molar refractivity (Wildman–Crippen MR) is 87.7 cm³/mol. The lowest BCUT2D eigenvalue weighted by Crippen LogP contribution is -2.31. The monoisotopic (exact) mass is 364 g/mol. The quantitative estimate of drug-likeness (QED) is 0.484. The number of rotatable bonds is 4. The highest BCUT2D eigenvalue weighted by atomic mass is 32.2. The van der Waals surface area contributed by atoms with Crippen molar-refractivity contribution < 1.29 is 18.4 Å². The summed E-state index contributed by atoms with van der Waals surface area (Å²) in [5, 5.41) is 20.6. The number of phenols is 1. The van der Waals surface area contributed by atoms with Gasteiger partial charge in [0.2, 0.25) is 15.0 Å². The van der Waals surface area contributed by atoms with Gasteiger partial charge in [-0.25, -0.2) is 18.4 Å². The molecule has 0 radical (unpaired) electrons. The van der Waals surface area contributed by atoms with Crippen LogP contribution >= 0.6 is 0 Å². The fourth-order valence-corrected chi connectivity index (χ4v) is 3.24. The number of benzene rings is 1. The molecule has 0 bridgehead atoms. The van der Waals surface area contributed by atoms with Crippen LogP contribution in [0.25, 0.3) is 0 Å². The van der Waals surface area contributed by atoms with Gasteiger partial charge in [0.05, 0.1) is 10.6 Å². The average molecular weight is 364 g/mol. The van der Waals surface area contributed by atoms with Crippen molar-refractivity contribution >= 4 is 15.5 Å². The van der Waals surface area contributed by atoms with E-state index in [-0.39, 0.29) is 16.6 Å². The molecule has 1 N–H and O–H groups in total. The van der Waals surface area contributed by atoms with Gasteiger partial charge in [0, 0.05) is 61.8 Å². The van der Waals surface area contributed by atoms with Gasteiger partial charge in [-0.05, 0) is 6.07 Å². The maximum Gasteiger partial charge on any atom is 0.270 e. The molecule has 3 rings (SSSR count). The Hall–Kier alpha value is -2.59. The highest BCUT2D eigenvalue weighted by Gasteiger charge is 2.22. The summed E-state index contributed by atoms with van der Waals surface area (Å²) in [5.41, 5.74) is 1.89. The summed E-state index contributed by atoms with van der Waals surface area (Å²) in [4.78, 5) is 20.4. The van der Waals surface area contributed by atoms with Gasteiger partial charge < -0.3 is 5.11 Å². The van der Waals surface area contributed by atoms with E-state index >= 15 is 0 Å². The van der Waals surface area contributed by atoms with Crippen LogP contribution in [0.1, 0.15) is 16.8 Å². The van der Waals surface area contributed by atoms with Crippen LogP contribution in [0.15, 0.2) is 29.6 Å². The molecule has 1 aliphatic heterocycles. The van der Waals surface area contributed by atoms with Crippen molar-refractivity contribution in [3.05, 3.63) is 51.3 Å². The van der Waals surface area contributed by atoms with Crippen molar-refractivity contribution in [2.75, 3.05) is 12.8 Å². The molecule has 132 valence electrons. The molecule has 0 saturated carbocycles. The Morgan fingerprint density at radius 3 is 2.84 bits per heavy atom. The van der Waals surface area contributed by atoms with Crippen molar-refractivity contribution in [3.63, 3.8) is 0 Å². The summed E-state index contributed by atoms with van der Waals surface area (Å²) in [7, 11) is -3.45. The van der Waals surface area contributed by atoms with E-state index < -0.39 is 14.8 Å². The van der Waals surface area contributed by atoms with Gasteiger partial charge in [0.15, 0.2) is 0 Å². The Morgan fingerprint density at radius 2 is 2.16 bits per heavy atom. The SMILES string of the molecule is CS(=O)(=O)c1ncc2c(n1)CCN(Cc1cc([N+](=O)[O-])ccc1O)C2. The zero-order valence-corrected chi connectivity index (χ0v) is 14.2. The Balaban J connectivity index is 1.80. The summed E-state index contributed by atoms with van der Waals surface area (Å²) in [6.45, 7) is 1.40. The molecule has 1 aliphatic rings. The zero-order chi connectivity index (χ0) is 18.2. The van der Waals surface area contributed by atoms with Gasteiger partial charge in [0.1, 0.15) is 5.75 Å². The predicted octanol–water partition coefficient (Wildman–Crippen LogP) is 1.05. The number of fused-ring (bicyclic) bond motifs is 1. The standard InChI is InChI=1S/C15H16N4O5S/c1-25(23,24)15-16-7-11-9-18(5-4-13(11)17-15)8-10-6-12(19(21)22)2-3-14(10)20/h2-3,6-7,20H,4-5,8-9H2,1H3. The number of non-ortho nitro benzene ring substituents is 1. The van der Waals surface area contributed by atoms with Gasteiger partial charge in [-0.3, -0.25) is 15.0 Å². The molecule has 10 heteroatoms. The number of aromatic nitrogens is 2. The summed E-state index contributed by atoms with van der Waals surface area (Å²) < 4.78 is 23.1. The van der Waals surface area contributed by atoms with Crippen molar-refractivity contribution in [2.45, 2.75) is 24.7 Å². The summed E-state index contributed by atoms with van der Waals surface area (Å²) in [6, 6.07) is 3.92. The van der Waals surface area contributed by atoms with Gasteiger partial charge in [-0.2, -0.15) is 0 Å². The minimum absolute atomic E-state index is 0.0000660. The molecule has 0 spiro atoms. The van der Waals surface area contributed by atoms with E-state index in [2.05, 4.69) is 9.97 Å². The van der Waals surface area contributed by atoms with Gasteiger partial charge in [0.25, 0.3) is 5.69 Å². The van der Waals surface area contributed by atoms with E-state index in [1.807, 2.05) is 4.90 Å². The Morgan fingerprint density at radius 1 is 1.40 bits per heavy atom. The number of hydrogen-bond acceptors (Lipinski definition) is 8. The van der Waals surface area contributed by atoms with Gasteiger partial charge in [-0.15, -0.1) is 0 Å². The lowest BCUT2D eigenvalue weighted by molar-refractivity contribution is -0.385. The van der Waals surface area contributed by atoms with E-state index in [1.165, 1.54) is 24.4 Å². The van der Waals surface area contributed by atoms with Crippen molar-refractivity contribution in [1.29, 1.82) is 0 Å². The molecule has 0 aliphatic carbocycles. The second-order valence-electron chi connectivity index (χ2n) is 5.93. The summed E-state index contributed by atoms with van der Waals surface area (Å²) in [6.07, 6.45) is 3.10. The molecule has 0 saturated heterocycles. The molecular weight excluding hydrogens is 348 g/mol. The summed E-state index contributed by atoms with van der Waals surface area (Å²) >= 11 is 0. The van der Waals surface area contributed by atoms with Crippen LogP contribution in [-0.2, 0) is 29.3 Å². The number of hydrogen-bond donors (Lipinski definition) is 1. The molecule has 2 heterocycles. The van der Waals surface area contributed by atoms with E-state index in [0.29, 0.717) is 37.3 Å². The average Bonchev–Trinajstić information content (AvgIpc) is 2.55. The van der Waals surface area contributed by atoms with Gasteiger partial charge in [-0.1, -0.05) is 0 Å². The molecule has 0 atom stereocenters. The number of nitro benzene ring substituents is 1. The summed E-state index contributed by atoms with van der Waals surface area (Å²) in [5.74, 6) is 0.0000660. The first-order valence-corrected chi connectivity index (χ1v) is 9.36. The fraction of sp³-hybridized carbons (Fsp3) is 0.333. The van der Waals surface area contributed by atoms with Gasteiger partial charge >= 0.3 is 0 Å². The largest absolute Gasteiger partial charge is 0.508 e. The third kappa shape index (κ3) is 3.74. The second-order valence-corrected chi connectivity index (χ2v) is 7.84. The number of sulfone groups is 1. The third-order valence-corrected chi connectivity index (χ3v) is 4.85. The molecule has 0 unspecified atom stereocenters. The van der Waals surface area contributed by atoms with E-state index in [0.717, 1.165) is 11.8 Å². The van der Waals surface area contributed by atoms with Crippen molar-refractivity contribution in [2.24, 2.45) is 0 Å². The molecule has 1 aromatic heterocycles. The van der Waals surface area contributed by atoms with Crippen LogP contribution in [-0.4, -0.2) is 46.1 Å². The number of aromatic hydroxyl groups is 1. The second kappa shape index (κ2) is 6.37.